The number of thioether (sulfide) groups is 1. The average molecular weight is 129 g/mol. The van der Waals surface area contributed by atoms with Crippen LogP contribution in [0.1, 0.15) is 0 Å². The van der Waals surface area contributed by atoms with Crippen LogP contribution in [-0.4, -0.2) is 24.6 Å². The van der Waals surface area contributed by atoms with Crippen molar-refractivity contribution in [2.24, 2.45) is 11.8 Å². The zero-order chi connectivity index (χ0) is 5.40. The molecule has 2 rings (SSSR count). The minimum Gasteiger partial charge on any atom is -0.316 e. The van der Waals surface area contributed by atoms with Gasteiger partial charge in [-0.25, -0.2) is 0 Å². The van der Waals surface area contributed by atoms with Crippen LogP contribution in [-0.2, 0) is 0 Å². The fraction of sp³-hybridized carbons (Fsp3) is 1.00. The lowest BCUT2D eigenvalue weighted by atomic mass is 10.0. The minimum absolute atomic E-state index is 1.03. The molecule has 0 aromatic rings. The van der Waals surface area contributed by atoms with Crippen LogP contribution in [0.15, 0.2) is 0 Å². The summed E-state index contributed by atoms with van der Waals surface area (Å²) in [7, 11) is 0. The van der Waals surface area contributed by atoms with Crippen LogP contribution in [0.2, 0.25) is 0 Å². The lowest BCUT2D eigenvalue weighted by Crippen LogP contribution is -2.09. The molecule has 0 aromatic heterocycles. The monoisotopic (exact) mass is 129 g/mol. The highest BCUT2D eigenvalue weighted by Gasteiger charge is 2.31. The Morgan fingerprint density at radius 2 is 1.75 bits per heavy atom. The van der Waals surface area contributed by atoms with Crippen molar-refractivity contribution >= 4 is 11.8 Å². The molecule has 0 aromatic carbocycles. The standard InChI is InChI=1S/C6H11NS/c1-5-3-8-4-6(5)2-7-1/h5-7H,1-4H2/t5-,6-/m0/s1. The number of hydrogen-bond acceptors (Lipinski definition) is 2. The molecule has 46 valence electrons. The molecule has 0 bridgehead atoms. The molecule has 2 atom stereocenters. The Kier molecular flexibility index (Phi) is 1.23. The van der Waals surface area contributed by atoms with Crippen LogP contribution in [0.5, 0.6) is 0 Å². The minimum atomic E-state index is 1.03. The fourth-order valence-corrected chi connectivity index (χ4v) is 3.07. The SMILES string of the molecule is C1NC[C@H]2CSC[C@H]12. The first-order valence-electron chi connectivity index (χ1n) is 3.25. The fourth-order valence-electron chi connectivity index (χ4n) is 1.55. The second-order valence-corrected chi connectivity index (χ2v) is 3.79. The van der Waals surface area contributed by atoms with Gasteiger partial charge < -0.3 is 5.32 Å². The van der Waals surface area contributed by atoms with E-state index in [0.717, 1.165) is 11.8 Å². The van der Waals surface area contributed by atoms with Gasteiger partial charge >= 0.3 is 0 Å². The van der Waals surface area contributed by atoms with Crippen molar-refractivity contribution in [1.29, 1.82) is 0 Å². The molecule has 8 heavy (non-hydrogen) atoms. The van der Waals surface area contributed by atoms with E-state index in [0.29, 0.717) is 0 Å². The maximum absolute atomic E-state index is 3.41. The first-order valence-corrected chi connectivity index (χ1v) is 4.41. The molecule has 1 N–H and O–H groups in total. The molecule has 0 spiro atoms. The van der Waals surface area contributed by atoms with E-state index in [4.69, 9.17) is 0 Å². The van der Waals surface area contributed by atoms with Crippen molar-refractivity contribution in [3.63, 3.8) is 0 Å². The Morgan fingerprint density at radius 1 is 1.12 bits per heavy atom. The third-order valence-corrected chi connectivity index (χ3v) is 3.47. The van der Waals surface area contributed by atoms with E-state index in [9.17, 15) is 0 Å². The van der Waals surface area contributed by atoms with Crippen LogP contribution in [0.4, 0.5) is 0 Å². The molecular weight excluding hydrogens is 118 g/mol. The van der Waals surface area contributed by atoms with Crippen molar-refractivity contribution in [2.75, 3.05) is 24.6 Å². The molecule has 0 unspecified atom stereocenters. The third-order valence-electron chi connectivity index (χ3n) is 2.14. The van der Waals surface area contributed by atoms with Gasteiger partial charge in [0, 0.05) is 0 Å². The van der Waals surface area contributed by atoms with Crippen molar-refractivity contribution < 1.29 is 0 Å². The molecule has 2 heteroatoms. The summed E-state index contributed by atoms with van der Waals surface area (Å²) in [6, 6.07) is 0. The number of fused-ring (bicyclic) bond motifs is 1. The van der Waals surface area contributed by atoms with Gasteiger partial charge in [0.25, 0.3) is 0 Å². The molecule has 0 amide bonds. The first kappa shape index (κ1) is 5.12. The Hall–Kier alpha value is 0.310. The van der Waals surface area contributed by atoms with Gasteiger partial charge in [0.15, 0.2) is 0 Å². The van der Waals surface area contributed by atoms with Gasteiger partial charge in [-0.2, -0.15) is 11.8 Å². The summed E-state index contributed by atoms with van der Waals surface area (Å²) in [6.45, 7) is 2.58. The molecule has 2 saturated heterocycles. The van der Waals surface area contributed by atoms with Crippen LogP contribution in [0.3, 0.4) is 0 Å². The molecule has 2 aliphatic heterocycles. The second kappa shape index (κ2) is 1.92. The van der Waals surface area contributed by atoms with E-state index >= 15 is 0 Å². The topological polar surface area (TPSA) is 12.0 Å². The number of hydrogen-bond donors (Lipinski definition) is 1. The Bertz CT molecular complexity index is 74.5. The van der Waals surface area contributed by atoms with Gasteiger partial charge in [-0.15, -0.1) is 0 Å². The molecule has 1 nitrogen and oxygen atoms in total. The summed E-state index contributed by atoms with van der Waals surface area (Å²) in [5.74, 6) is 4.88. The van der Waals surface area contributed by atoms with Gasteiger partial charge in [0.05, 0.1) is 0 Å². The van der Waals surface area contributed by atoms with Gasteiger partial charge in [0.2, 0.25) is 0 Å². The maximum Gasteiger partial charge on any atom is -0.000907 e. The summed E-state index contributed by atoms with van der Waals surface area (Å²) >= 11 is 2.13. The Morgan fingerprint density at radius 3 is 2.38 bits per heavy atom. The molecule has 2 heterocycles. The van der Waals surface area contributed by atoms with E-state index < -0.39 is 0 Å². The molecule has 0 aliphatic carbocycles. The summed E-state index contributed by atoms with van der Waals surface area (Å²) in [6.07, 6.45) is 0. The molecule has 2 aliphatic rings. The summed E-state index contributed by atoms with van der Waals surface area (Å²) in [5, 5.41) is 3.41. The number of nitrogens with one attached hydrogen (secondary N) is 1. The van der Waals surface area contributed by atoms with E-state index in [2.05, 4.69) is 17.1 Å². The quantitative estimate of drug-likeness (QED) is 0.513. The van der Waals surface area contributed by atoms with Gasteiger partial charge in [-0.05, 0) is 36.4 Å². The maximum atomic E-state index is 3.41. The van der Waals surface area contributed by atoms with Crippen molar-refractivity contribution in [2.45, 2.75) is 0 Å². The molecule has 0 saturated carbocycles. The van der Waals surface area contributed by atoms with Crippen LogP contribution in [0, 0.1) is 11.8 Å². The van der Waals surface area contributed by atoms with Gasteiger partial charge in [0.1, 0.15) is 0 Å². The highest BCUT2D eigenvalue weighted by Crippen LogP contribution is 2.31. The van der Waals surface area contributed by atoms with Gasteiger partial charge in [-0.3, -0.25) is 0 Å². The van der Waals surface area contributed by atoms with E-state index in [1.165, 1.54) is 24.6 Å². The van der Waals surface area contributed by atoms with E-state index in [1.807, 2.05) is 0 Å². The second-order valence-electron chi connectivity index (χ2n) is 2.72. The lowest BCUT2D eigenvalue weighted by Gasteiger charge is -2.01. The lowest BCUT2D eigenvalue weighted by molar-refractivity contribution is 0.533. The van der Waals surface area contributed by atoms with Crippen LogP contribution in [0.25, 0.3) is 0 Å². The predicted octanol–water partition coefficient (Wildman–Crippen LogP) is 0.569. The smallest absolute Gasteiger partial charge is 0.000907 e. The molecule has 0 radical (unpaired) electrons. The van der Waals surface area contributed by atoms with Gasteiger partial charge in [-0.1, -0.05) is 0 Å². The third kappa shape index (κ3) is 0.669. The van der Waals surface area contributed by atoms with E-state index in [1.54, 1.807) is 0 Å². The van der Waals surface area contributed by atoms with Crippen molar-refractivity contribution in [3.8, 4) is 0 Å². The first-order chi connectivity index (χ1) is 3.97. The highest BCUT2D eigenvalue weighted by molar-refractivity contribution is 7.99. The largest absolute Gasteiger partial charge is 0.316 e. The summed E-state index contributed by atoms with van der Waals surface area (Å²) in [4.78, 5) is 0. The number of rotatable bonds is 0. The van der Waals surface area contributed by atoms with Crippen LogP contribution < -0.4 is 5.32 Å². The normalized spacial score (nSPS) is 45.0. The van der Waals surface area contributed by atoms with Crippen LogP contribution >= 0.6 is 11.8 Å². The summed E-state index contributed by atoms with van der Waals surface area (Å²) in [5.41, 5.74) is 0. The summed E-state index contributed by atoms with van der Waals surface area (Å²) < 4.78 is 0. The van der Waals surface area contributed by atoms with Crippen molar-refractivity contribution in [1.82, 2.24) is 5.32 Å². The Labute approximate surface area is 54.2 Å². The average Bonchev–Trinajstić information content (AvgIpc) is 2.15. The zero-order valence-corrected chi connectivity index (χ0v) is 5.71. The highest BCUT2D eigenvalue weighted by atomic mass is 32.2. The predicted molar refractivity (Wildman–Crippen MR) is 37.2 cm³/mol. The molecular formula is C6H11NS. The van der Waals surface area contributed by atoms with Crippen molar-refractivity contribution in [3.05, 3.63) is 0 Å². The Balaban J connectivity index is 2.04. The zero-order valence-electron chi connectivity index (χ0n) is 4.89. The van der Waals surface area contributed by atoms with E-state index in [-0.39, 0.29) is 0 Å². The molecule has 2 fully saturated rings.